The predicted molar refractivity (Wildman–Crippen MR) is 77.7 cm³/mol. The number of nitrogens with zero attached hydrogens (tertiary/aromatic N) is 1. The van der Waals surface area contributed by atoms with Crippen molar-refractivity contribution in [3.63, 3.8) is 0 Å². The van der Waals surface area contributed by atoms with Gasteiger partial charge in [0, 0.05) is 20.2 Å². The maximum absolute atomic E-state index is 12.1. The second-order valence-corrected chi connectivity index (χ2v) is 4.18. The number of para-hydroxylation sites is 2. The number of carbonyl (C=O) groups is 2. The number of carbonyl (C=O) groups excluding carboxylic acids is 1. The third-order valence-electron chi connectivity index (χ3n) is 2.71. The van der Waals surface area contributed by atoms with Crippen molar-refractivity contribution in [2.75, 3.05) is 38.7 Å². The van der Waals surface area contributed by atoms with Crippen LogP contribution in [-0.4, -0.2) is 55.4 Å². The van der Waals surface area contributed by atoms with E-state index in [2.05, 4.69) is 5.32 Å². The average molecular weight is 296 g/mol. The minimum atomic E-state index is -1.08. The summed E-state index contributed by atoms with van der Waals surface area (Å²) in [6.07, 6.45) is 0. The van der Waals surface area contributed by atoms with Crippen LogP contribution >= 0.6 is 0 Å². The first-order valence-corrected chi connectivity index (χ1v) is 6.57. The molecule has 0 heterocycles. The number of ether oxygens (including phenoxy) is 2. The van der Waals surface area contributed by atoms with Gasteiger partial charge in [0.25, 0.3) is 0 Å². The second-order valence-electron chi connectivity index (χ2n) is 4.18. The number of carboxylic acids is 1. The van der Waals surface area contributed by atoms with Crippen LogP contribution in [-0.2, 0) is 9.53 Å². The highest BCUT2D eigenvalue weighted by Crippen LogP contribution is 2.23. The number of hydrogen-bond acceptors (Lipinski definition) is 4. The number of amides is 2. The molecule has 0 unspecified atom stereocenters. The standard InChI is InChI=1S/C14H20N2O5/c1-3-16(8-9-20-2)14(19)15-11-6-4-5-7-12(11)21-10-13(17)18/h4-7H,3,8-10H2,1-2H3,(H,15,19)(H,17,18). The molecule has 116 valence electrons. The largest absolute Gasteiger partial charge is 0.480 e. The van der Waals surface area contributed by atoms with Crippen LogP contribution in [0.3, 0.4) is 0 Å². The van der Waals surface area contributed by atoms with Crippen molar-refractivity contribution in [2.45, 2.75) is 6.92 Å². The fourth-order valence-electron chi connectivity index (χ4n) is 1.63. The molecule has 0 atom stereocenters. The van der Waals surface area contributed by atoms with Crippen LogP contribution in [0, 0.1) is 0 Å². The number of carboxylic acid groups (broad SMARTS) is 1. The number of methoxy groups -OCH3 is 1. The Morgan fingerprint density at radius 3 is 2.67 bits per heavy atom. The van der Waals surface area contributed by atoms with Gasteiger partial charge in [0.15, 0.2) is 6.61 Å². The fraction of sp³-hybridized carbons (Fsp3) is 0.429. The number of rotatable bonds is 8. The molecule has 0 bridgehead atoms. The van der Waals surface area contributed by atoms with E-state index in [4.69, 9.17) is 14.6 Å². The summed E-state index contributed by atoms with van der Waals surface area (Å²) < 4.78 is 10.1. The van der Waals surface area contributed by atoms with Crippen molar-refractivity contribution in [2.24, 2.45) is 0 Å². The number of hydrogen-bond donors (Lipinski definition) is 2. The van der Waals surface area contributed by atoms with E-state index in [0.29, 0.717) is 31.1 Å². The lowest BCUT2D eigenvalue weighted by Crippen LogP contribution is -2.37. The summed E-state index contributed by atoms with van der Waals surface area (Å²) in [5.41, 5.74) is 0.430. The molecule has 0 radical (unpaired) electrons. The van der Waals surface area contributed by atoms with E-state index in [-0.39, 0.29) is 6.03 Å². The van der Waals surface area contributed by atoms with Crippen molar-refractivity contribution in [3.8, 4) is 5.75 Å². The lowest BCUT2D eigenvalue weighted by atomic mass is 10.3. The molecule has 1 rings (SSSR count). The Balaban J connectivity index is 2.72. The van der Waals surface area contributed by atoms with Crippen LogP contribution in [0.4, 0.5) is 10.5 Å². The summed E-state index contributed by atoms with van der Waals surface area (Å²) in [5.74, 6) is -0.762. The van der Waals surface area contributed by atoms with Gasteiger partial charge in [-0.25, -0.2) is 9.59 Å². The van der Waals surface area contributed by atoms with Gasteiger partial charge in [-0.15, -0.1) is 0 Å². The first-order chi connectivity index (χ1) is 10.1. The van der Waals surface area contributed by atoms with Crippen molar-refractivity contribution in [1.82, 2.24) is 4.90 Å². The summed E-state index contributed by atoms with van der Waals surface area (Å²) in [6, 6.07) is 6.40. The zero-order chi connectivity index (χ0) is 15.7. The first kappa shape index (κ1) is 16.8. The predicted octanol–water partition coefficient (Wildman–Crippen LogP) is 1.65. The van der Waals surface area contributed by atoms with E-state index < -0.39 is 12.6 Å². The smallest absolute Gasteiger partial charge is 0.341 e. The summed E-state index contributed by atoms with van der Waals surface area (Å²) in [6.45, 7) is 2.85. The Morgan fingerprint density at radius 1 is 1.33 bits per heavy atom. The molecule has 0 aliphatic heterocycles. The van der Waals surface area contributed by atoms with Crippen LogP contribution in [0.5, 0.6) is 5.75 Å². The van der Waals surface area contributed by atoms with Crippen molar-refractivity contribution in [1.29, 1.82) is 0 Å². The maximum Gasteiger partial charge on any atom is 0.341 e. The molecule has 0 spiro atoms. The molecule has 0 fully saturated rings. The number of urea groups is 1. The number of benzene rings is 1. The fourth-order valence-corrected chi connectivity index (χ4v) is 1.63. The summed E-state index contributed by atoms with van der Waals surface area (Å²) in [7, 11) is 1.57. The topological polar surface area (TPSA) is 88.1 Å². The van der Waals surface area contributed by atoms with Crippen LogP contribution in [0.1, 0.15) is 6.92 Å². The Kier molecular flexibility index (Phi) is 7.03. The zero-order valence-corrected chi connectivity index (χ0v) is 12.2. The second kappa shape index (κ2) is 8.80. The monoisotopic (exact) mass is 296 g/mol. The van der Waals surface area contributed by atoms with Crippen LogP contribution in [0.25, 0.3) is 0 Å². The molecule has 1 aromatic carbocycles. The highest BCUT2D eigenvalue weighted by atomic mass is 16.5. The van der Waals surface area contributed by atoms with Gasteiger partial charge in [-0.1, -0.05) is 12.1 Å². The van der Waals surface area contributed by atoms with E-state index in [1.54, 1.807) is 36.3 Å². The van der Waals surface area contributed by atoms with Gasteiger partial charge in [-0.05, 0) is 19.1 Å². The Labute approximate surface area is 123 Å². The van der Waals surface area contributed by atoms with Crippen LogP contribution < -0.4 is 10.1 Å². The average Bonchev–Trinajstić information content (AvgIpc) is 2.47. The molecular formula is C14H20N2O5. The SMILES string of the molecule is CCN(CCOC)C(=O)Nc1ccccc1OCC(=O)O. The molecule has 7 heteroatoms. The number of anilines is 1. The van der Waals surface area contributed by atoms with Crippen LogP contribution in [0.15, 0.2) is 24.3 Å². The van der Waals surface area contributed by atoms with Crippen molar-refractivity contribution in [3.05, 3.63) is 24.3 Å². The zero-order valence-electron chi connectivity index (χ0n) is 12.2. The summed E-state index contributed by atoms with van der Waals surface area (Å²) >= 11 is 0. The number of likely N-dealkylation sites (N-methyl/N-ethyl adjacent to an activating group) is 1. The Morgan fingerprint density at radius 2 is 2.05 bits per heavy atom. The lowest BCUT2D eigenvalue weighted by molar-refractivity contribution is -0.139. The van der Waals surface area contributed by atoms with Gasteiger partial charge in [0.2, 0.25) is 0 Å². The molecular weight excluding hydrogens is 276 g/mol. The van der Waals surface area contributed by atoms with Gasteiger partial charge in [-0.2, -0.15) is 0 Å². The molecule has 2 N–H and O–H groups in total. The Bertz CT molecular complexity index is 478. The van der Waals surface area contributed by atoms with E-state index in [1.807, 2.05) is 6.92 Å². The minimum Gasteiger partial charge on any atom is -0.480 e. The van der Waals surface area contributed by atoms with E-state index in [9.17, 15) is 9.59 Å². The molecule has 7 nitrogen and oxygen atoms in total. The van der Waals surface area contributed by atoms with Gasteiger partial charge < -0.3 is 24.8 Å². The van der Waals surface area contributed by atoms with Gasteiger partial charge >= 0.3 is 12.0 Å². The third kappa shape index (κ3) is 5.70. The quantitative estimate of drug-likeness (QED) is 0.761. The van der Waals surface area contributed by atoms with E-state index >= 15 is 0 Å². The van der Waals surface area contributed by atoms with Crippen molar-refractivity contribution < 1.29 is 24.2 Å². The number of aliphatic carboxylic acids is 1. The molecule has 0 saturated carbocycles. The third-order valence-corrected chi connectivity index (χ3v) is 2.71. The highest BCUT2D eigenvalue weighted by Gasteiger charge is 2.14. The van der Waals surface area contributed by atoms with E-state index in [0.717, 1.165) is 0 Å². The van der Waals surface area contributed by atoms with Gasteiger partial charge in [-0.3, -0.25) is 0 Å². The summed E-state index contributed by atoms with van der Waals surface area (Å²) in [4.78, 5) is 24.3. The Hall–Kier alpha value is -2.28. The normalized spacial score (nSPS) is 10.0. The van der Waals surface area contributed by atoms with Gasteiger partial charge in [0.1, 0.15) is 5.75 Å². The number of nitrogens with one attached hydrogen (secondary N) is 1. The van der Waals surface area contributed by atoms with E-state index in [1.165, 1.54) is 0 Å². The molecule has 0 aliphatic carbocycles. The molecule has 0 aromatic heterocycles. The molecule has 2 amide bonds. The molecule has 1 aromatic rings. The van der Waals surface area contributed by atoms with Gasteiger partial charge in [0.05, 0.1) is 12.3 Å². The first-order valence-electron chi connectivity index (χ1n) is 6.57. The maximum atomic E-state index is 12.1. The lowest BCUT2D eigenvalue weighted by Gasteiger charge is -2.21. The minimum absolute atomic E-state index is 0.291. The highest BCUT2D eigenvalue weighted by molar-refractivity contribution is 5.91. The summed E-state index contributed by atoms with van der Waals surface area (Å²) in [5, 5.41) is 11.3. The van der Waals surface area contributed by atoms with Crippen LogP contribution in [0.2, 0.25) is 0 Å². The molecule has 21 heavy (non-hydrogen) atoms. The molecule has 0 saturated heterocycles. The van der Waals surface area contributed by atoms with Crippen molar-refractivity contribution >= 4 is 17.7 Å². The molecule has 0 aliphatic rings.